The van der Waals surface area contributed by atoms with Crippen LogP contribution in [0.2, 0.25) is 0 Å². The van der Waals surface area contributed by atoms with Gasteiger partial charge in [-0.2, -0.15) is 0 Å². The quantitative estimate of drug-likeness (QED) is 0.747. The number of ether oxygens (including phenoxy) is 1. The van der Waals surface area contributed by atoms with Crippen molar-refractivity contribution < 1.29 is 14.6 Å². The molecule has 0 fully saturated rings. The third kappa shape index (κ3) is 2.08. The van der Waals surface area contributed by atoms with Crippen LogP contribution in [0.4, 0.5) is 5.82 Å². The number of carboxylic acid groups (broad SMARTS) is 1. The first kappa shape index (κ1) is 13.7. The maximum Gasteiger partial charge on any atom is 0.339 e. The van der Waals surface area contributed by atoms with E-state index in [0.717, 1.165) is 0 Å². The van der Waals surface area contributed by atoms with E-state index in [1.54, 1.807) is 30.5 Å². The topological polar surface area (TPSA) is 93.3 Å². The summed E-state index contributed by atoms with van der Waals surface area (Å²) in [6, 6.07) is 9.92. The molecule has 2 heterocycles. The molecule has 2 aromatic heterocycles. The minimum Gasteiger partial charge on any atom is -0.497 e. The molecule has 22 heavy (non-hydrogen) atoms. The lowest BCUT2D eigenvalue weighted by atomic mass is 10.1. The maximum absolute atomic E-state index is 11.3. The number of carboxylic acids is 1. The van der Waals surface area contributed by atoms with E-state index in [1.165, 1.54) is 23.6 Å². The first-order chi connectivity index (χ1) is 10.7. The van der Waals surface area contributed by atoms with Gasteiger partial charge in [0.2, 0.25) is 5.82 Å². The summed E-state index contributed by atoms with van der Waals surface area (Å²) in [5.74, 6) is -0.471. The summed E-state index contributed by atoms with van der Waals surface area (Å²) in [6.07, 6.45) is 1.55. The van der Waals surface area contributed by atoms with E-state index in [-0.39, 0.29) is 17.0 Å². The number of hydrogen-bond acceptors (Lipinski definition) is 5. The van der Waals surface area contributed by atoms with Crippen molar-refractivity contribution in [2.75, 3.05) is 7.11 Å². The first-order valence-corrected chi connectivity index (χ1v) is 6.38. The van der Waals surface area contributed by atoms with Crippen molar-refractivity contribution in [1.29, 1.82) is 0 Å². The van der Waals surface area contributed by atoms with Crippen LogP contribution in [-0.4, -0.2) is 27.6 Å². The van der Waals surface area contributed by atoms with E-state index in [0.29, 0.717) is 17.0 Å². The number of imidazole rings is 1. The van der Waals surface area contributed by atoms with Crippen molar-refractivity contribution >= 4 is 17.4 Å². The third-order valence-corrected chi connectivity index (χ3v) is 3.28. The number of rotatable bonds is 4. The molecule has 1 N–H and O–H groups in total. The van der Waals surface area contributed by atoms with Crippen molar-refractivity contribution in [2.45, 2.75) is 0 Å². The van der Waals surface area contributed by atoms with Crippen molar-refractivity contribution in [3.8, 4) is 17.0 Å². The lowest BCUT2D eigenvalue weighted by molar-refractivity contribution is 0.0698. The van der Waals surface area contributed by atoms with Crippen LogP contribution in [0.5, 0.6) is 5.75 Å². The average Bonchev–Trinajstić information content (AvgIpc) is 2.93. The number of hydrogen-bond donors (Lipinski definition) is 1. The number of pyridine rings is 1. The molecule has 0 aliphatic carbocycles. The number of benzene rings is 1. The summed E-state index contributed by atoms with van der Waals surface area (Å²) >= 11 is 0. The summed E-state index contributed by atoms with van der Waals surface area (Å²) in [5.41, 5.74) is 1.10. The SMILES string of the molecule is COc1cccc(-c2nc3c(C(=O)O)cccn3c2N=O)c1. The van der Waals surface area contributed by atoms with Gasteiger partial charge in [-0.25, -0.2) is 9.78 Å². The van der Waals surface area contributed by atoms with E-state index in [4.69, 9.17) is 4.74 Å². The lowest BCUT2D eigenvalue weighted by Gasteiger charge is -2.02. The first-order valence-electron chi connectivity index (χ1n) is 6.38. The molecule has 7 heteroatoms. The van der Waals surface area contributed by atoms with E-state index >= 15 is 0 Å². The van der Waals surface area contributed by atoms with Crippen LogP contribution in [0.1, 0.15) is 10.4 Å². The summed E-state index contributed by atoms with van der Waals surface area (Å²) < 4.78 is 6.51. The number of carbonyl (C=O) groups is 1. The molecule has 0 spiro atoms. The van der Waals surface area contributed by atoms with Gasteiger partial charge in [0, 0.05) is 11.8 Å². The second kappa shape index (κ2) is 5.28. The Balaban J connectivity index is 2.32. The second-order valence-corrected chi connectivity index (χ2v) is 4.53. The minimum absolute atomic E-state index is 0.00143. The predicted molar refractivity (Wildman–Crippen MR) is 79.6 cm³/mol. The fourth-order valence-corrected chi connectivity index (χ4v) is 2.27. The molecule has 0 saturated heterocycles. The molecule has 110 valence electrons. The number of nitrogens with zero attached hydrogens (tertiary/aromatic N) is 3. The molecule has 0 saturated carbocycles. The molecular formula is C15H11N3O4. The number of nitroso groups, excluding NO2 is 1. The molecule has 0 atom stereocenters. The summed E-state index contributed by atoms with van der Waals surface area (Å²) in [4.78, 5) is 26.8. The largest absolute Gasteiger partial charge is 0.497 e. The van der Waals surface area contributed by atoms with Crippen molar-refractivity contribution in [2.24, 2.45) is 5.18 Å². The Labute approximate surface area is 124 Å². The third-order valence-electron chi connectivity index (χ3n) is 3.28. The smallest absolute Gasteiger partial charge is 0.339 e. The van der Waals surface area contributed by atoms with Crippen LogP contribution < -0.4 is 4.74 Å². The van der Waals surface area contributed by atoms with Gasteiger partial charge in [0.25, 0.3) is 0 Å². The normalized spacial score (nSPS) is 10.6. The molecule has 0 amide bonds. The Kier molecular flexibility index (Phi) is 3.30. The van der Waals surface area contributed by atoms with E-state index in [9.17, 15) is 14.8 Å². The van der Waals surface area contributed by atoms with E-state index in [1.807, 2.05) is 0 Å². The lowest BCUT2D eigenvalue weighted by Crippen LogP contribution is -1.99. The Hall–Kier alpha value is -3.22. The zero-order chi connectivity index (χ0) is 15.7. The highest BCUT2D eigenvalue weighted by Gasteiger charge is 2.19. The van der Waals surface area contributed by atoms with Gasteiger partial charge in [-0.15, -0.1) is 4.91 Å². The zero-order valence-electron chi connectivity index (χ0n) is 11.6. The van der Waals surface area contributed by atoms with Gasteiger partial charge in [0.15, 0.2) is 5.65 Å². The second-order valence-electron chi connectivity index (χ2n) is 4.53. The van der Waals surface area contributed by atoms with E-state index < -0.39 is 5.97 Å². The van der Waals surface area contributed by atoms with Gasteiger partial charge in [-0.05, 0) is 29.4 Å². The molecule has 0 aliphatic rings. The minimum atomic E-state index is -1.12. The number of aromatic carboxylic acids is 1. The summed E-state index contributed by atoms with van der Waals surface area (Å²) in [7, 11) is 1.53. The molecule has 0 radical (unpaired) electrons. The van der Waals surface area contributed by atoms with Crippen LogP contribution in [0.25, 0.3) is 16.9 Å². The monoisotopic (exact) mass is 297 g/mol. The summed E-state index contributed by atoms with van der Waals surface area (Å²) in [6.45, 7) is 0. The highest BCUT2D eigenvalue weighted by atomic mass is 16.5. The van der Waals surface area contributed by atoms with Gasteiger partial charge in [-0.3, -0.25) is 4.40 Å². The fraction of sp³-hybridized carbons (Fsp3) is 0.0667. The molecule has 3 aromatic rings. The fourth-order valence-electron chi connectivity index (χ4n) is 2.27. The van der Waals surface area contributed by atoms with Gasteiger partial charge >= 0.3 is 5.97 Å². The number of methoxy groups -OCH3 is 1. The van der Waals surface area contributed by atoms with Crippen LogP contribution in [-0.2, 0) is 0 Å². The van der Waals surface area contributed by atoms with Gasteiger partial charge in [0.05, 0.1) is 7.11 Å². The van der Waals surface area contributed by atoms with Crippen molar-refractivity contribution in [3.05, 3.63) is 53.1 Å². The molecule has 7 nitrogen and oxygen atoms in total. The Morgan fingerprint density at radius 3 is 2.82 bits per heavy atom. The molecule has 1 aromatic carbocycles. The maximum atomic E-state index is 11.3. The Bertz CT molecular complexity index is 886. The number of aromatic nitrogens is 2. The van der Waals surface area contributed by atoms with Crippen molar-refractivity contribution in [3.63, 3.8) is 0 Å². The molecule has 3 rings (SSSR count). The molecular weight excluding hydrogens is 286 g/mol. The van der Waals surface area contributed by atoms with Crippen LogP contribution in [0.3, 0.4) is 0 Å². The van der Waals surface area contributed by atoms with Crippen LogP contribution in [0.15, 0.2) is 47.8 Å². The molecule has 0 aliphatic heterocycles. The molecule has 0 bridgehead atoms. The Morgan fingerprint density at radius 2 is 2.14 bits per heavy atom. The Morgan fingerprint density at radius 1 is 1.32 bits per heavy atom. The van der Waals surface area contributed by atoms with Gasteiger partial charge < -0.3 is 9.84 Å². The zero-order valence-corrected chi connectivity index (χ0v) is 11.6. The van der Waals surface area contributed by atoms with Gasteiger partial charge in [-0.1, -0.05) is 12.1 Å². The van der Waals surface area contributed by atoms with Crippen LogP contribution >= 0.6 is 0 Å². The van der Waals surface area contributed by atoms with Crippen molar-refractivity contribution in [1.82, 2.24) is 9.38 Å². The van der Waals surface area contributed by atoms with E-state index in [2.05, 4.69) is 10.2 Å². The van der Waals surface area contributed by atoms with Gasteiger partial charge in [0.1, 0.15) is 17.0 Å². The van der Waals surface area contributed by atoms with Crippen LogP contribution in [0, 0.1) is 4.91 Å². The number of fused-ring (bicyclic) bond motifs is 1. The highest BCUT2D eigenvalue weighted by Crippen LogP contribution is 2.33. The average molecular weight is 297 g/mol. The predicted octanol–water partition coefficient (Wildman–Crippen LogP) is 3.11. The molecule has 0 unspecified atom stereocenters. The summed E-state index contributed by atoms with van der Waals surface area (Å²) in [5, 5.41) is 12.2. The highest BCUT2D eigenvalue weighted by molar-refractivity contribution is 5.95. The standard InChI is InChI=1S/C15H11N3O4/c1-22-10-5-2-4-9(8-10)12-14(17-21)18-7-3-6-11(15(19)20)13(18)16-12/h2-8H,1H3,(H,19,20).